The van der Waals surface area contributed by atoms with Gasteiger partial charge in [-0.15, -0.1) is 0 Å². The molecule has 0 aliphatic heterocycles. The van der Waals surface area contributed by atoms with E-state index in [0.29, 0.717) is 12.2 Å². The number of phenols is 1. The van der Waals surface area contributed by atoms with Gasteiger partial charge in [-0.1, -0.05) is 22.0 Å². The second kappa shape index (κ2) is 3.92. The molecule has 0 radical (unpaired) electrons. The van der Waals surface area contributed by atoms with Crippen molar-refractivity contribution < 1.29 is 5.11 Å². The molecule has 0 bridgehead atoms. The molecule has 12 heavy (non-hydrogen) atoms. The average Bonchev–Trinajstić information content (AvgIpc) is 1.97. The van der Waals surface area contributed by atoms with Gasteiger partial charge in [-0.2, -0.15) is 0 Å². The van der Waals surface area contributed by atoms with E-state index >= 15 is 0 Å². The molecule has 0 amide bonds. The summed E-state index contributed by atoms with van der Waals surface area (Å²) in [5.41, 5.74) is 6.51. The van der Waals surface area contributed by atoms with Crippen molar-refractivity contribution in [3.63, 3.8) is 0 Å². The van der Waals surface area contributed by atoms with Crippen LogP contribution in [0.2, 0.25) is 0 Å². The maximum absolute atomic E-state index is 9.45. The van der Waals surface area contributed by atoms with E-state index in [0.717, 1.165) is 10.0 Å². The molecule has 1 aromatic rings. The van der Waals surface area contributed by atoms with Crippen molar-refractivity contribution in [2.45, 2.75) is 19.4 Å². The highest BCUT2D eigenvalue weighted by Gasteiger charge is 2.06. The molecule has 1 unspecified atom stereocenters. The first-order valence-electron chi connectivity index (χ1n) is 3.83. The molecule has 2 nitrogen and oxygen atoms in total. The lowest BCUT2D eigenvalue weighted by atomic mass is 10.1. The molecule has 0 aliphatic rings. The Morgan fingerprint density at radius 1 is 1.58 bits per heavy atom. The molecule has 1 rings (SSSR count). The molecule has 0 spiro atoms. The Labute approximate surface area is 80.5 Å². The molecule has 0 fully saturated rings. The highest BCUT2D eigenvalue weighted by atomic mass is 79.9. The van der Waals surface area contributed by atoms with Crippen LogP contribution in [-0.4, -0.2) is 11.1 Å². The minimum atomic E-state index is 0.0644. The minimum absolute atomic E-state index is 0.0644. The van der Waals surface area contributed by atoms with Crippen LogP contribution in [0.25, 0.3) is 0 Å². The van der Waals surface area contributed by atoms with Gasteiger partial charge in [0, 0.05) is 16.1 Å². The van der Waals surface area contributed by atoms with Crippen LogP contribution in [0.1, 0.15) is 12.5 Å². The number of nitrogens with two attached hydrogens (primary N) is 1. The molecular weight excluding hydrogens is 218 g/mol. The lowest BCUT2D eigenvalue weighted by molar-refractivity contribution is 0.465. The second-order valence-electron chi connectivity index (χ2n) is 2.92. The smallest absolute Gasteiger partial charge is 0.119 e. The predicted molar refractivity (Wildman–Crippen MR) is 53.2 cm³/mol. The maximum atomic E-state index is 9.45. The SMILES string of the molecule is CC(N)Cc1c(O)cccc1Br. The van der Waals surface area contributed by atoms with Gasteiger partial charge >= 0.3 is 0 Å². The predicted octanol–water partition coefficient (Wildman–Crippen LogP) is 2.04. The van der Waals surface area contributed by atoms with E-state index in [4.69, 9.17) is 5.73 Å². The number of halogens is 1. The van der Waals surface area contributed by atoms with Crippen LogP contribution in [-0.2, 0) is 6.42 Å². The number of hydrogen-bond acceptors (Lipinski definition) is 2. The molecule has 3 heteroatoms. The first-order valence-corrected chi connectivity index (χ1v) is 4.62. The van der Waals surface area contributed by atoms with Gasteiger partial charge in [-0.3, -0.25) is 0 Å². The third-order valence-corrected chi connectivity index (χ3v) is 2.36. The molecule has 3 N–H and O–H groups in total. The van der Waals surface area contributed by atoms with Crippen molar-refractivity contribution in [2.75, 3.05) is 0 Å². The highest BCUT2D eigenvalue weighted by molar-refractivity contribution is 9.10. The number of rotatable bonds is 2. The molecule has 0 saturated heterocycles. The summed E-state index contributed by atoms with van der Waals surface area (Å²) in [6.45, 7) is 1.92. The van der Waals surface area contributed by atoms with Gasteiger partial charge in [-0.05, 0) is 25.5 Å². The van der Waals surface area contributed by atoms with E-state index in [1.54, 1.807) is 12.1 Å². The fourth-order valence-corrected chi connectivity index (χ4v) is 1.59. The van der Waals surface area contributed by atoms with E-state index in [-0.39, 0.29) is 6.04 Å². The summed E-state index contributed by atoms with van der Waals surface area (Å²) in [4.78, 5) is 0. The summed E-state index contributed by atoms with van der Waals surface area (Å²) in [6, 6.07) is 5.43. The van der Waals surface area contributed by atoms with Crippen LogP contribution in [0, 0.1) is 0 Å². The summed E-state index contributed by atoms with van der Waals surface area (Å²) in [5.74, 6) is 0.307. The van der Waals surface area contributed by atoms with Crippen molar-refractivity contribution in [1.82, 2.24) is 0 Å². The highest BCUT2D eigenvalue weighted by Crippen LogP contribution is 2.26. The van der Waals surface area contributed by atoms with Crippen LogP contribution in [0.15, 0.2) is 22.7 Å². The van der Waals surface area contributed by atoms with Gasteiger partial charge in [0.05, 0.1) is 0 Å². The Morgan fingerprint density at radius 3 is 2.75 bits per heavy atom. The molecule has 1 atom stereocenters. The van der Waals surface area contributed by atoms with Crippen molar-refractivity contribution in [2.24, 2.45) is 5.73 Å². The van der Waals surface area contributed by atoms with E-state index in [1.165, 1.54) is 0 Å². The second-order valence-corrected chi connectivity index (χ2v) is 3.77. The summed E-state index contributed by atoms with van der Waals surface area (Å²) >= 11 is 3.36. The van der Waals surface area contributed by atoms with E-state index < -0.39 is 0 Å². The van der Waals surface area contributed by atoms with Gasteiger partial charge in [0.2, 0.25) is 0 Å². The van der Waals surface area contributed by atoms with Gasteiger partial charge in [-0.25, -0.2) is 0 Å². The fraction of sp³-hybridized carbons (Fsp3) is 0.333. The van der Waals surface area contributed by atoms with Gasteiger partial charge in [0.25, 0.3) is 0 Å². The van der Waals surface area contributed by atoms with E-state index in [9.17, 15) is 5.11 Å². The molecule has 0 heterocycles. The average molecular weight is 230 g/mol. The van der Waals surface area contributed by atoms with Gasteiger partial charge < -0.3 is 10.8 Å². The quantitative estimate of drug-likeness (QED) is 0.816. The van der Waals surface area contributed by atoms with E-state index in [2.05, 4.69) is 15.9 Å². The van der Waals surface area contributed by atoms with Crippen LogP contribution in [0.3, 0.4) is 0 Å². The summed E-state index contributed by atoms with van der Waals surface area (Å²) in [5, 5.41) is 9.45. The Hall–Kier alpha value is -0.540. The topological polar surface area (TPSA) is 46.2 Å². The molecule has 1 aromatic carbocycles. The van der Waals surface area contributed by atoms with Crippen LogP contribution in [0.4, 0.5) is 0 Å². The van der Waals surface area contributed by atoms with Crippen molar-refractivity contribution in [3.8, 4) is 5.75 Å². The Morgan fingerprint density at radius 2 is 2.25 bits per heavy atom. The Bertz CT molecular complexity index is 253. The summed E-state index contributed by atoms with van der Waals surface area (Å²) in [7, 11) is 0. The maximum Gasteiger partial charge on any atom is 0.119 e. The molecule has 0 aliphatic carbocycles. The van der Waals surface area contributed by atoms with Crippen LogP contribution in [0.5, 0.6) is 5.75 Å². The third kappa shape index (κ3) is 2.22. The lowest BCUT2D eigenvalue weighted by Crippen LogP contribution is -2.18. The fourth-order valence-electron chi connectivity index (χ4n) is 1.07. The standard InChI is InChI=1S/C9H12BrNO/c1-6(11)5-7-8(10)3-2-4-9(7)12/h2-4,6,12H,5,11H2,1H3. The number of benzene rings is 1. The molecule has 66 valence electrons. The summed E-state index contributed by atoms with van der Waals surface area (Å²) in [6.07, 6.45) is 0.688. The zero-order chi connectivity index (χ0) is 9.14. The number of aromatic hydroxyl groups is 1. The van der Waals surface area contributed by atoms with Gasteiger partial charge in [0.15, 0.2) is 0 Å². The first kappa shape index (κ1) is 9.55. The Kier molecular flexibility index (Phi) is 3.12. The molecule has 0 saturated carbocycles. The number of phenolic OH excluding ortho intramolecular Hbond substituents is 1. The third-order valence-electron chi connectivity index (χ3n) is 1.62. The minimum Gasteiger partial charge on any atom is -0.508 e. The Balaban J connectivity index is 2.96. The summed E-state index contributed by atoms with van der Waals surface area (Å²) < 4.78 is 0.916. The molecular formula is C9H12BrNO. The van der Waals surface area contributed by atoms with Crippen molar-refractivity contribution >= 4 is 15.9 Å². The lowest BCUT2D eigenvalue weighted by Gasteiger charge is -2.08. The normalized spacial score (nSPS) is 12.9. The number of hydrogen-bond donors (Lipinski definition) is 2. The van der Waals surface area contributed by atoms with Gasteiger partial charge in [0.1, 0.15) is 5.75 Å². The largest absolute Gasteiger partial charge is 0.508 e. The van der Waals surface area contributed by atoms with Crippen molar-refractivity contribution in [3.05, 3.63) is 28.2 Å². The zero-order valence-electron chi connectivity index (χ0n) is 6.92. The van der Waals surface area contributed by atoms with Crippen molar-refractivity contribution in [1.29, 1.82) is 0 Å². The van der Waals surface area contributed by atoms with E-state index in [1.807, 2.05) is 13.0 Å². The van der Waals surface area contributed by atoms with Crippen LogP contribution < -0.4 is 5.73 Å². The van der Waals surface area contributed by atoms with Crippen LogP contribution >= 0.6 is 15.9 Å². The first-order chi connectivity index (χ1) is 5.61. The monoisotopic (exact) mass is 229 g/mol. The zero-order valence-corrected chi connectivity index (χ0v) is 8.51. The molecule has 0 aromatic heterocycles.